The van der Waals surface area contributed by atoms with E-state index in [9.17, 15) is 13.2 Å². The van der Waals surface area contributed by atoms with Gasteiger partial charge in [0.25, 0.3) is 0 Å². The molecular formula is C3H5F3N2. The molecule has 0 rings (SSSR count). The molecule has 8 heavy (non-hydrogen) atoms. The molecule has 0 aliphatic rings. The second-order valence-corrected chi connectivity index (χ2v) is 1.12. The molecule has 0 aliphatic heterocycles. The summed E-state index contributed by atoms with van der Waals surface area (Å²) in [6.07, 6.45) is -4.42. The minimum Gasteiger partial charge on any atom is -0.321 e. The number of hydrogen-bond donors (Lipinski definition) is 2. The Morgan fingerprint density at radius 2 is 1.88 bits per heavy atom. The molecule has 5 heteroatoms. The van der Waals surface area contributed by atoms with Crippen LogP contribution in [0.4, 0.5) is 13.2 Å². The number of hydrazine groups is 1. The summed E-state index contributed by atoms with van der Waals surface area (Å²) in [5.74, 6) is 4.39. The second-order valence-electron chi connectivity index (χ2n) is 1.12. The fourth-order valence-corrected chi connectivity index (χ4v) is 0.0818. The maximum atomic E-state index is 11.2. The zero-order valence-electron chi connectivity index (χ0n) is 3.92. The predicted octanol–water partition coefficient (Wildman–Crippen LogP) is 0.526. The van der Waals surface area contributed by atoms with Gasteiger partial charge in [-0.2, -0.15) is 13.2 Å². The largest absolute Gasteiger partial charge is 0.431 e. The molecule has 0 radical (unpaired) electrons. The molecule has 0 aromatic rings. The highest BCUT2D eigenvalue weighted by molar-refractivity contribution is 4.96. The number of halogens is 3. The molecule has 0 heterocycles. The van der Waals surface area contributed by atoms with Crippen LogP contribution >= 0.6 is 0 Å². The van der Waals surface area contributed by atoms with Gasteiger partial charge >= 0.3 is 6.18 Å². The van der Waals surface area contributed by atoms with Gasteiger partial charge < -0.3 is 5.43 Å². The van der Waals surface area contributed by atoms with Crippen molar-refractivity contribution < 1.29 is 13.2 Å². The van der Waals surface area contributed by atoms with Crippen LogP contribution in [0.1, 0.15) is 0 Å². The number of hydrogen-bond acceptors (Lipinski definition) is 2. The summed E-state index contributed by atoms with van der Waals surface area (Å²) >= 11 is 0. The summed E-state index contributed by atoms with van der Waals surface area (Å²) in [7, 11) is 0. The molecule has 0 aromatic carbocycles. The molecule has 0 aromatic heterocycles. The van der Waals surface area contributed by atoms with Crippen LogP contribution < -0.4 is 11.3 Å². The standard InChI is InChI=1S/C3H5F3N2/c1-2(8-7)3(4,5)6/h8H,1,7H2. The molecule has 48 valence electrons. The van der Waals surface area contributed by atoms with Gasteiger partial charge in [-0.25, -0.2) is 0 Å². The number of nitrogens with two attached hydrogens (primary N) is 1. The van der Waals surface area contributed by atoms with Crippen LogP contribution in [0.2, 0.25) is 0 Å². The summed E-state index contributed by atoms with van der Waals surface area (Å²) in [4.78, 5) is 0. The molecule has 0 saturated carbocycles. The van der Waals surface area contributed by atoms with Crippen molar-refractivity contribution in [3.63, 3.8) is 0 Å². The van der Waals surface area contributed by atoms with E-state index in [-0.39, 0.29) is 0 Å². The normalized spacial score (nSPS) is 11.0. The van der Waals surface area contributed by atoms with Crippen molar-refractivity contribution in [3.8, 4) is 0 Å². The Labute approximate surface area is 44.1 Å². The van der Waals surface area contributed by atoms with Gasteiger partial charge in [0.15, 0.2) is 0 Å². The summed E-state index contributed by atoms with van der Waals surface area (Å²) in [6.45, 7) is 2.58. The molecule has 0 saturated heterocycles. The first-order chi connectivity index (χ1) is 3.48. The topological polar surface area (TPSA) is 38.0 Å². The smallest absolute Gasteiger partial charge is 0.321 e. The lowest BCUT2D eigenvalue weighted by Gasteiger charge is -2.06. The third kappa shape index (κ3) is 1.83. The first-order valence-electron chi connectivity index (χ1n) is 1.71. The van der Waals surface area contributed by atoms with E-state index in [1.807, 2.05) is 0 Å². The van der Waals surface area contributed by atoms with E-state index >= 15 is 0 Å². The lowest BCUT2D eigenvalue weighted by atomic mass is 10.5. The van der Waals surface area contributed by atoms with Crippen molar-refractivity contribution in [2.75, 3.05) is 0 Å². The molecule has 0 fully saturated rings. The van der Waals surface area contributed by atoms with Crippen LogP contribution in [-0.2, 0) is 0 Å². The Hall–Kier alpha value is -0.710. The van der Waals surface area contributed by atoms with Crippen LogP contribution in [0, 0.1) is 0 Å². The molecule has 0 unspecified atom stereocenters. The number of alkyl halides is 3. The summed E-state index contributed by atoms with van der Waals surface area (Å²) in [5.41, 5.74) is 0.244. The fourth-order valence-electron chi connectivity index (χ4n) is 0.0818. The number of allylic oxidation sites excluding steroid dienone is 1. The van der Waals surface area contributed by atoms with E-state index in [4.69, 9.17) is 0 Å². The van der Waals surface area contributed by atoms with Gasteiger partial charge in [0.2, 0.25) is 0 Å². The van der Waals surface area contributed by atoms with Crippen molar-refractivity contribution in [1.29, 1.82) is 0 Å². The van der Waals surface area contributed by atoms with Gasteiger partial charge in [0, 0.05) is 0 Å². The highest BCUT2D eigenvalue weighted by Gasteiger charge is 2.31. The lowest BCUT2D eigenvalue weighted by Crippen LogP contribution is -2.30. The van der Waals surface area contributed by atoms with Crippen LogP contribution in [0.3, 0.4) is 0 Å². The predicted molar refractivity (Wildman–Crippen MR) is 22.5 cm³/mol. The molecule has 3 N–H and O–H groups in total. The fraction of sp³-hybridized carbons (Fsp3) is 0.333. The molecule has 2 nitrogen and oxygen atoms in total. The van der Waals surface area contributed by atoms with Crippen molar-refractivity contribution in [3.05, 3.63) is 12.3 Å². The van der Waals surface area contributed by atoms with Gasteiger partial charge in [0.1, 0.15) is 5.70 Å². The Kier molecular flexibility index (Phi) is 1.86. The summed E-state index contributed by atoms with van der Waals surface area (Å²) < 4.78 is 33.6. The quantitative estimate of drug-likeness (QED) is 0.397. The van der Waals surface area contributed by atoms with Gasteiger partial charge in [-0.05, 0) is 0 Å². The van der Waals surface area contributed by atoms with E-state index in [2.05, 4.69) is 12.4 Å². The average Bonchev–Trinajstić information content (AvgIpc) is 1.62. The summed E-state index contributed by atoms with van der Waals surface area (Å²) in [5, 5.41) is 0. The Balaban J connectivity index is 3.82. The van der Waals surface area contributed by atoms with Gasteiger partial charge in [-0.15, -0.1) is 0 Å². The zero-order chi connectivity index (χ0) is 6.78. The first-order valence-corrected chi connectivity index (χ1v) is 1.71. The van der Waals surface area contributed by atoms with E-state index in [1.165, 1.54) is 5.43 Å². The SMILES string of the molecule is C=C(NN)C(F)(F)F. The van der Waals surface area contributed by atoms with Gasteiger partial charge in [-0.1, -0.05) is 6.58 Å². The maximum absolute atomic E-state index is 11.2. The van der Waals surface area contributed by atoms with Crippen LogP contribution in [0.25, 0.3) is 0 Å². The molecule has 0 aliphatic carbocycles. The summed E-state index contributed by atoms with van der Waals surface area (Å²) in [6, 6.07) is 0. The van der Waals surface area contributed by atoms with Crippen molar-refractivity contribution in [2.24, 2.45) is 5.84 Å². The Morgan fingerprint density at radius 3 is 1.88 bits per heavy atom. The van der Waals surface area contributed by atoms with Crippen molar-refractivity contribution in [1.82, 2.24) is 5.43 Å². The number of nitrogens with one attached hydrogen (secondary N) is 1. The monoisotopic (exact) mass is 126 g/mol. The molecule has 0 amide bonds. The average molecular weight is 126 g/mol. The Morgan fingerprint density at radius 1 is 1.50 bits per heavy atom. The second kappa shape index (κ2) is 2.04. The Bertz CT molecular complexity index is 95.2. The molecule has 0 spiro atoms. The van der Waals surface area contributed by atoms with Crippen LogP contribution in [0.5, 0.6) is 0 Å². The third-order valence-electron chi connectivity index (χ3n) is 0.516. The third-order valence-corrected chi connectivity index (χ3v) is 0.516. The van der Waals surface area contributed by atoms with Crippen LogP contribution in [0.15, 0.2) is 12.3 Å². The molecular weight excluding hydrogens is 121 g/mol. The van der Waals surface area contributed by atoms with Crippen molar-refractivity contribution in [2.45, 2.75) is 6.18 Å². The highest BCUT2D eigenvalue weighted by atomic mass is 19.4. The highest BCUT2D eigenvalue weighted by Crippen LogP contribution is 2.20. The minimum atomic E-state index is -4.42. The molecule has 0 bridgehead atoms. The van der Waals surface area contributed by atoms with Gasteiger partial charge in [0.05, 0.1) is 0 Å². The van der Waals surface area contributed by atoms with E-state index in [0.29, 0.717) is 0 Å². The first kappa shape index (κ1) is 7.29. The minimum absolute atomic E-state index is 1.14. The lowest BCUT2D eigenvalue weighted by molar-refractivity contribution is -0.0962. The van der Waals surface area contributed by atoms with E-state index < -0.39 is 11.9 Å². The van der Waals surface area contributed by atoms with Crippen molar-refractivity contribution >= 4 is 0 Å². The van der Waals surface area contributed by atoms with E-state index in [1.54, 1.807) is 0 Å². The van der Waals surface area contributed by atoms with E-state index in [0.717, 1.165) is 0 Å². The zero-order valence-corrected chi connectivity index (χ0v) is 3.92. The maximum Gasteiger partial charge on any atom is 0.431 e. The van der Waals surface area contributed by atoms with Gasteiger partial charge in [-0.3, -0.25) is 5.84 Å². The number of rotatable bonds is 1. The van der Waals surface area contributed by atoms with Crippen LogP contribution in [-0.4, -0.2) is 6.18 Å². The molecule has 0 atom stereocenters.